The Kier molecular flexibility index (Phi) is 2.41. The first kappa shape index (κ1) is 11.0. The molecule has 3 rings (SSSR count). The lowest BCUT2D eigenvalue weighted by Crippen LogP contribution is -2.07. The minimum absolute atomic E-state index is 0.474. The molecule has 0 radical (unpaired) electrons. The van der Waals surface area contributed by atoms with E-state index in [0.717, 1.165) is 28.1 Å². The molecule has 0 fully saturated rings. The van der Waals surface area contributed by atoms with Crippen LogP contribution in [0.5, 0.6) is 0 Å². The van der Waals surface area contributed by atoms with E-state index < -0.39 is 0 Å². The van der Waals surface area contributed by atoms with Crippen molar-refractivity contribution in [3.8, 4) is 5.82 Å². The summed E-state index contributed by atoms with van der Waals surface area (Å²) >= 11 is 0. The summed E-state index contributed by atoms with van der Waals surface area (Å²) in [6.07, 6.45) is 1.82. The predicted molar refractivity (Wildman–Crippen MR) is 70.5 cm³/mol. The van der Waals surface area contributed by atoms with Crippen LogP contribution in [-0.4, -0.2) is 19.3 Å². The van der Waals surface area contributed by atoms with Crippen molar-refractivity contribution in [2.45, 2.75) is 13.5 Å². The minimum Gasteiger partial charge on any atom is -0.326 e. The quantitative estimate of drug-likeness (QED) is 0.740. The molecule has 2 heterocycles. The summed E-state index contributed by atoms with van der Waals surface area (Å²) in [6.45, 7) is 2.45. The summed E-state index contributed by atoms with van der Waals surface area (Å²) in [4.78, 5) is 4.40. The maximum absolute atomic E-state index is 5.83. The third kappa shape index (κ3) is 1.44. The van der Waals surface area contributed by atoms with Gasteiger partial charge in [0.15, 0.2) is 0 Å². The Balaban J connectivity index is 2.33. The van der Waals surface area contributed by atoms with Gasteiger partial charge in [-0.1, -0.05) is 12.1 Å². The fourth-order valence-corrected chi connectivity index (χ4v) is 2.36. The molecule has 0 unspecified atom stereocenters. The molecule has 92 valence electrons. The van der Waals surface area contributed by atoms with Crippen molar-refractivity contribution in [1.29, 1.82) is 0 Å². The van der Waals surface area contributed by atoms with Crippen molar-refractivity contribution in [1.82, 2.24) is 19.3 Å². The zero-order valence-electron chi connectivity index (χ0n) is 10.5. The first-order chi connectivity index (χ1) is 8.72. The molecule has 0 aliphatic heterocycles. The lowest BCUT2D eigenvalue weighted by molar-refractivity contribution is 0.725. The van der Waals surface area contributed by atoms with E-state index in [-0.39, 0.29) is 0 Å². The van der Waals surface area contributed by atoms with Gasteiger partial charge < -0.3 is 5.73 Å². The molecule has 0 aliphatic rings. The van der Waals surface area contributed by atoms with Gasteiger partial charge in [0.25, 0.3) is 0 Å². The Bertz CT molecular complexity index is 707. The molecule has 5 nitrogen and oxygen atoms in total. The Morgan fingerprint density at radius 1 is 1.28 bits per heavy atom. The average molecular weight is 241 g/mol. The van der Waals surface area contributed by atoms with Gasteiger partial charge in [0, 0.05) is 19.2 Å². The number of aromatic nitrogens is 4. The Hall–Kier alpha value is -2.14. The smallest absolute Gasteiger partial charge is 0.141 e. The summed E-state index contributed by atoms with van der Waals surface area (Å²) in [5.41, 5.74) is 9.89. The van der Waals surface area contributed by atoms with E-state index in [2.05, 4.69) is 10.1 Å². The third-order valence-corrected chi connectivity index (χ3v) is 3.20. The first-order valence-electron chi connectivity index (χ1n) is 5.87. The molecular weight excluding hydrogens is 226 g/mol. The number of hydrogen-bond acceptors (Lipinski definition) is 3. The molecule has 0 bridgehead atoms. The fraction of sp³-hybridized carbons (Fsp3) is 0.231. The normalized spacial score (nSPS) is 11.3. The van der Waals surface area contributed by atoms with Gasteiger partial charge in [-0.15, -0.1) is 0 Å². The second-order valence-corrected chi connectivity index (χ2v) is 4.32. The van der Waals surface area contributed by atoms with Crippen LogP contribution >= 0.6 is 0 Å². The number of fused-ring (bicyclic) bond motifs is 1. The van der Waals surface area contributed by atoms with Gasteiger partial charge in [0.1, 0.15) is 12.1 Å². The van der Waals surface area contributed by atoms with Crippen molar-refractivity contribution in [2.75, 3.05) is 0 Å². The molecule has 1 aromatic carbocycles. The SMILES string of the molecule is Cc1nn(C)c(-n2cnc3ccccc32)c1CN. The average Bonchev–Trinajstić information content (AvgIpc) is 2.89. The van der Waals surface area contributed by atoms with Gasteiger partial charge >= 0.3 is 0 Å². The van der Waals surface area contributed by atoms with Crippen molar-refractivity contribution >= 4 is 11.0 Å². The van der Waals surface area contributed by atoms with Crippen molar-refractivity contribution < 1.29 is 0 Å². The number of para-hydroxylation sites is 2. The summed E-state index contributed by atoms with van der Waals surface area (Å²) in [7, 11) is 1.93. The number of nitrogens with zero attached hydrogens (tertiary/aromatic N) is 4. The third-order valence-electron chi connectivity index (χ3n) is 3.20. The maximum atomic E-state index is 5.83. The fourth-order valence-electron chi connectivity index (χ4n) is 2.36. The van der Waals surface area contributed by atoms with E-state index in [1.165, 1.54) is 0 Å². The molecule has 0 amide bonds. The molecule has 0 saturated heterocycles. The Labute approximate surface area is 105 Å². The minimum atomic E-state index is 0.474. The monoisotopic (exact) mass is 241 g/mol. The standard InChI is InChI=1S/C13H15N5/c1-9-10(7-14)13(17(2)16-9)18-8-15-11-5-3-4-6-12(11)18/h3-6,8H,7,14H2,1-2H3. The molecule has 2 aromatic heterocycles. The van der Waals surface area contributed by atoms with Crippen molar-refractivity contribution in [3.05, 3.63) is 41.9 Å². The molecule has 0 atom stereocenters. The molecule has 0 aliphatic carbocycles. The second-order valence-electron chi connectivity index (χ2n) is 4.32. The molecular formula is C13H15N5. The summed E-state index contributed by atoms with van der Waals surface area (Å²) in [5, 5.41) is 4.43. The van der Waals surface area contributed by atoms with E-state index in [4.69, 9.17) is 5.73 Å². The molecule has 0 spiro atoms. The highest BCUT2D eigenvalue weighted by Crippen LogP contribution is 2.22. The highest BCUT2D eigenvalue weighted by Gasteiger charge is 2.15. The van der Waals surface area contributed by atoms with Crippen molar-refractivity contribution in [3.63, 3.8) is 0 Å². The van der Waals surface area contributed by atoms with Crippen LogP contribution in [0, 0.1) is 6.92 Å². The van der Waals surface area contributed by atoms with Crippen LogP contribution in [0.2, 0.25) is 0 Å². The zero-order chi connectivity index (χ0) is 12.7. The van der Waals surface area contributed by atoms with Crippen LogP contribution in [0.25, 0.3) is 16.9 Å². The van der Waals surface area contributed by atoms with E-state index >= 15 is 0 Å². The Morgan fingerprint density at radius 3 is 2.83 bits per heavy atom. The van der Waals surface area contributed by atoms with Gasteiger partial charge in [0.05, 0.1) is 16.7 Å². The van der Waals surface area contributed by atoms with Gasteiger partial charge in [-0.25, -0.2) is 4.98 Å². The zero-order valence-corrected chi connectivity index (χ0v) is 10.5. The molecule has 0 saturated carbocycles. The van der Waals surface area contributed by atoms with Crippen LogP contribution < -0.4 is 5.73 Å². The number of rotatable bonds is 2. The van der Waals surface area contributed by atoms with Gasteiger partial charge in [-0.2, -0.15) is 5.10 Å². The van der Waals surface area contributed by atoms with Gasteiger partial charge in [0.2, 0.25) is 0 Å². The first-order valence-corrected chi connectivity index (χ1v) is 5.87. The molecule has 3 aromatic rings. The lowest BCUT2D eigenvalue weighted by Gasteiger charge is -2.07. The highest BCUT2D eigenvalue weighted by molar-refractivity contribution is 5.77. The van der Waals surface area contributed by atoms with Crippen LogP contribution in [0.3, 0.4) is 0 Å². The highest BCUT2D eigenvalue weighted by atomic mass is 15.3. The van der Waals surface area contributed by atoms with E-state index in [1.54, 1.807) is 0 Å². The maximum Gasteiger partial charge on any atom is 0.141 e. The summed E-state index contributed by atoms with van der Waals surface area (Å²) < 4.78 is 3.89. The summed E-state index contributed by atoms with van der Waals surface area (Å²) in [6, 6.07) is 8.03. The number of benzene rings is 1. The molecule has 18 heavy (non-hydrogen) atoms. The van der Waals surface area contributed by atoms with E-state index in [9.17, 15) is 0 Å². The second kappa shape index (κ2) is 3.96. The van der Waals surface area contributed by atoms with E-state index in [0.29, 0.717) is 6.54 Å². The molecule has 5 heteroatoms. The number of hydrogen-bond donors (Lipinski definition) is 1. The molecule has 2 N–H and O–H groups in total. The van der Waals surface area contributed by atoms with E-state index in [1.807, 2.05) is 53.8 Å². The van der Waals surface area contributed by atoms with Gasteiger partial charge in [-0.05, 0) is 19.1 Å². The van der Waals surface area contributed by atoms with Crippen molar-refractivity contribution in [2.24, 2.45) is 12.8 Å². The largest absolute Gasteiger partial charge is 0.326 e. The predicted octanol–water partition coefficient (Wildman–Crippen LogP) is 1.53. The Morgan fingerprint density at radius 2 is 2.06 bits per heavy atom. The van der Waals surface area contributed by atoms with Crippen LogP contribution in [-0.2, 0) is 13.6 Å². The topological polar surface area (TPSA) is 61.7 Å². The van der Waals surface area contributed by atoms with Crippen LogP contribution in [0.1, 0.15) is 11.3 Å². The number of imidazole rings is 1. The van der Waals surface area contributed by atoms with Crippen LogP contribution in [0.4, 0.5) is 0 Å². The lowest BCUT2D eigenvalue weighted by atomic mass is 10.2. The van der Waals surface area contributed by atoms with Gasteiger partial charge in [-0.3, -0.25) is 9.25 Å². The summed E-state index contributed by atoms with van der Waals surface area (Å²) in [5.74, 6) is 0.990. The number of aryl methyl sites for hydroxylation is 2. The van der Waals surface area contributed by atoms with Crippen LogP contribution in [0.15, 0.2) is 30.6 Å². The number of nitrogens with two attached hydrogens (primary N) is 1.